The molecule has 0 aliphatic rings. The van der Waals surface area contributed by atoms with Crippen LogP contribution in [0.1, 0.15) is 28.9 Å². The number of halogens is 1. The molecule has 1 aromatic heterocycles. The fourth-order valence-electron chi connectivity index (χ4n) is 1.70. The monoisotopic (exact) mass is 322 g/mol. The number of nitrogens with zero attached hydrogens (tertiary/aromatic N) is 3. The second-order valence-electron chi connectivity index (χ2n) is 4.25. The van der Waals surface area contributed by atoms with Crippen molar-refractivity contribution in [1.29, 1.82) is 0 Å². The zero-order valence-electron chi connectivity index (χ0n) is 10.9. The van der Waals surface area contributed by atoms with Crippen LogP contribution in [0.5, 0.6) is 0 Å². The summed E-state index contributed by atoms with van der Waals surface area (Å²) in [7, 11) is 1.74. The van der Waals surface area contributed by atoms with Crippen molar-refractivity contribution in [2.75, 3.05) is 7.05 Å². The van der Waals surface area contributed by atoms with E-state index in [0.29, 0.717) is 6.54 Å². The Bertz CT molecular complexity index is 582. The van der Waals surface area contributed by atoms with E-state index in [4.69, 9.17) is 0 Å². The molecule has 5 nitrogen and oxygen atoms in total. The van der Waals surface area contributed by atoms with E-state index in [1.807, 2.05) is 31.2 Å². The van der Waals surface area contributed by atoms with Gasteiger partial charge in [0.1, 0.15) is 5.82 Å². The lowest BCUT2D eigenvalue weighted by Crippen LogP contribution is -2.27. The SMILES string of the molecule is CCc1nc(C(=O)N(C)Cc2cccc(Br)c2)n[nH]1. The Morgan fingerprint density at radius 1 is 1.47 bits per heavy atom. The van der Waals surface area contributed by atoms with Crippen molar-refractivity contribution in [3.63, 3.8) is 0 Å². The van der Waals surface area contributed by atoms with Gasteiger partial charge in [-0.3, -0.25) is 9.89 Å². The normalized spacial score (nSPS) is 10.5. The van der Waals surface area contributed by atoms with Gasteiger partial charge in [0.2, 0.25) is 5.82 Å². The maximum Gasteiger partial charge on any atom is 0.293 e. The van der Waals surface area contributed by atoms with Gasteiger partial charge in [-0.15, -0.1) is 5.10 Å². The van der Waals surface area contributed by atoms with Crippen LogP contribution in [-0.2, 0) is 13.0 Å². The lowest BCUT2D eigenvalue weighted by Gasteiger charge is -2.15. The molecule has 1 N–H and O–H groups in total. The highest BCUT2D eigenvalue weighted by molar-refractivity contribution is 9.10. The molecular weight excluding hydrogens is 308 g/mol. The molecule has 0 fully saturated rings. The predicted molar refractivity (Wildman–Crippen MR) is 75.7 cm³/mol. The van der Waals surface area contributed by atoms with Crippen LogP contribution in [0.3, 0.4) is 0 Å². The molecule has 0 radical (unpaired) electrons. The second kappa shape index (κ2) is 5.97. The zero-order chi connectivity index (χ0) is 13.8. The van der Waals surface area contributed by atoms with Crippen LogP contribution in [0.4, 0.5) is 0 Å². The number of amides is 1. The number of nitrogens with one attached hydrogen (secondary N) is 1. The first-order valence-corrected chi connectivity index (χ1v) is 6.80. The minimum absolute atomic E-state index is 0.184. The molecule has 2 rings (SSSR count). The van der Waals surface area contributed by atoms with Gasteiger partial charge in [0.15, 0.2) is 0 Å². The highest BCUT2D eigenvalue weighted by atomic mass is 79.9. The molecule has 2 aromatic rings. The van der Waals surface area contributed by atoms with E-state index in [1.165, 1.54) is 0 Å². The van der Waals surface area contributed by atoms with Gasteiger partial charge in [0, 0.05) is 24.5 Å². The molecule has 6 heteroatoms. The first-order chi connectivity index (χ1) is 9.10. The summed E-state index contributed by atoms with van der Waals surface area (Å²) in [6.45, 7) is 2.48. The summed E-state index contributed by atoms with van der Waals surface area (Å²) in [5, 5.41) is 6.68. The third-order valence-corrected chi connectivity index (χ3v) is 3.21. The summed E-state index contributed by atoms with van der Waals surface area (Å²) in [6, 6.07) is 7.86. The average Bonchev–Trinajstić information content (AvgIpc) is 2.86. The van der Waals surface area contributed by atoms with Crippen molar-refractivity contribution in [1.82, 2.24) is 20.1 Å². The predicted octanol–water partition coefficient (Wildman–Crippen LogP) is 2.40. The summed E-state index contributed by atoms with van der Waals surface area (Å²) in [4.78, 5) is 17.9. The molecule has 0 aliphatic carbocycles. The number of hydrogen-bond donors (Lipinski definition) is 1. The van der Waals surface area contributed by atoms with Crippen molar-refractivity contribution < 1.29 is 4.79 Å². The number of carbonyl (C=O) groups is 1. The number of rotatable bonds is 4. The molecule has 0 spiro atoms. The van der Waals surface area contributed by atoms with Gasteiger partial charge in [-0.1, -0.05) is 35.0 Å². The number of aryl methyl sites for hydroxylation is 1. The van der Waals surface area contributed by atoms with Gasteiger partial charge in [0.05, 0.1) is 0 Å². The zero-order valence-corrected chi connectivity index (χ0v) is 12.4. The fourth-order valence-corrected chi connectivity index (χ4v) is 2.15. The van der Waals surface area contributed by atoms with Gasteiger partial charge >= 0.3 is 0 Å². The summed E-state index contributed by atoms with van der Waals surface area (Å²) >= 11 is 3.41. The van der Waals surface area contributed by atoms with Crippen LogP contribution >= 0.6 is 15.9 Å². The summed E-state index contributed by atoms with van der Waals surface area (Å²) in [5.74, 6) is 0.754. The molecular formula is C13H15BrN4O. The summed E-state index contributed by atoms with van der Waals surface area (Å²) in [6.07, 6.45) is 0.732. The van der Waals surface area contributed by atoms with E-state index in [9.17, 15) is 4.79 Å². The van der Waals surface area contributed by atoms with Gasteiger partial charge in [0.25, 0.3) is 5.91 Å². The number of benzene rings is 1. The smallest absolute Gasteiger partial charge is 0.293 e. The Morgan fingerprint density at radius 3 is 2.89 bits per heavy atom. The largest absolute Gasteiger partial charge is 0.335 e. The molecule has 0 atom stereocenters. The van der Waals surface area contributed by atoms with Crippen molar-refractivity contribution in [3.8, 4) is 0 Å². The Hall–Kier alpha value is -1.69. The fraction of sp³-hybridized carbons (Fsp3) is 0.308. The Balaban J connectivity index is 2.07. The Kier molecular flexibility index (Phi) is 4.31. The van der Waals surface area contributed by atoms with E-state index in [0.717, 1.165) is 22.3 Å². The first-order valence-electron chi connectivity index (χ1n) is 6.01. The topological polar surface area (TPSA) is 61.9 Å². The van der Waals surface area contributed by atoms with E-state index in [-0.39, 0.29) is 11.7 Å². The minimum atomic E-state index is -0.184. The number of hydrogen-bond acceptors (Lipinski definition) is 3. The van der Waals surface area contributed by atoms with E-state index in [2.05, 4.69) is 31.1 Å². The number of aromatic nitrogens is 3. The molecule has 0 aliphatic heterocycles. The van der Waals surface area contributed by atoms with Gasteiger partial charge in [-0.2, -0.15) is 0 Å². The molecule has 0 saturated carbocycles. The van der Waals surface area contributed by atoms with Gasteiger partial charge < -0.3 is 4.90 Å². The molecule has 0 saturated heterocycles. The van der Waals surface area contributed by atoms with E-state index >= 15 is 0 Å². The lowest BCUT2D eigenvalue weighted by molar-refractivity contribution is 0.0773. The van der Waals surface area contributed by atoms with Crippen LogP contribution in [0.15, 0.2) is 28.7 Å². The molecule has 19 heavy (non-hydrogen) atoms. The third kappa shape index (κ3) is 3.41. The Labute approximate surface area is 120 Å². The van der Waals surface area contributed by atoms with Crippen LogP contribution in [0.2, 0.25) is 0 Å². The van der Waals surface area contributed by atoms with E-state index in [1.54, 1.807) is 11.9 Å². The number of aromatic amines is 1. The van der Waals surface area contributed by atoms with Crippen LogP contribution in [-0.4, -0.2) is 33.0 Å². The lowest BCUT2D eigenvalue weighted by atomic mass is 10.2. The third-order valence-electron chi connectivity index (χ3n) is 2.71. The standard InChI is InChI=1S/C13H15BrN4O/c1-3-11-15-12(17-16-11)13(19)18(2)8-9-5-4-6-10(14)7-9/h4-7H,3,8H2,1-2H3,(H,15,16,17). The van der Waals surface area contributed by atoms with Crippen molar-refractivity contribution >= 4 is 21.8 Å². The quantitative estimate of drug-likeness (QED) is 0.940. The molecule has 0 bridgehead atoms. The molecule has 1 heterocycles. The maximum atomic E-state index is 12.1. The van der Waals surface area contributed by atoms with Crippen molar-refractivity contribution in [2.45, 2.75) is 19.9 Å². The molecule has 1 aromatic carbocycles. The van der Waals surface area contributed by atoms with Crippen molar-refractivity contribution in [3.05, 3.63) is 46.0 Å². The van der Waals surface area contributed by atoms with Crippen LogP contribution < -0.4 is 0 Å². The minimum Gasteiger partial charge on any atom is -0.335 e. The highest BCUT2D eigenvalue weighted by Crippen LogP contribution is 2.13. The van der Waals surface area contributed by atoms with Crippen molar-refractivity contribution in [2.24, 2.45) is 0 Å². The Morgan fingerprint density at radius 2 is 2.26 bits per heavy atom. The first kappa shape index (κ1) is 13.7. The summed E-state index contributed by atoms with van der Waals surface area (Å²) < 4.78 is 0.997. The number of carbonyl (C=O) groups excluding carboxylic acids is 1. The summed E-state index contributed by atoms with van der Waals surface area (Å²) in [5.41, 5.74) is 1.05. The highest BCUT2D eigenvalue weighted by Gasteiger charge is 2.16. The maximum absolute atomic E-state index is 12.1. The average molecular weight is 323 g/mol. The van der Waals surface area contributed by atoms with Crippen LogP contribution in [0, 0.1) is 0 Å². The number of H-pyrrole nitrogens is 1. The van der Waals surface area contributed by atoms with Gasteiger partial charge in [-0.25, -0.2) is 4.98 Å². The van der Waals surface area contributed by atoms with Gasteiger partial charge in [-0.05, 0) is 17.7 Å². The van der Waals surface area contributed by atoms with E-state index < -0.39 is 0 Å². The molecule has 100 valence electrons. The molecule has 0 unspecified atom stereocenters. The molecule has 1 amide bonds. The van der Waals surface area contributed by atoms with Crippen LogP contribution in [0.25, 0.3) is 0 Å². The second-order valence-corrected chi connectivity index (χ2v) is 5.17.